The van der Waals surface area contributed by atoms with Crippen molar-refractivity contribution in [2.75, 3.05) is 6.61 Å². The van der Waals surface area contributed by atoms with Crippen LogP contribution in [0.5, 0.6) is 0 Å². The van der Waals surface area contributed by atoms with Crippen molar-refractivity contribution in [3.05, 3.63) is 35.4 Å². The Morgan fingerprint density at radius 3 is 2.29 bits per heavy atom. The van der Waals surface area contributed by atoms with E-state index in [1.54, 1.807) is 24.3 Å². The average molecular weight is 436 g/mol. The summed E-state index contributed by atoms with van der Waals surface area (Å²) in [7, 11) is 0. The number of nitrogens with zero attached hydrogens (tertiary/aromatic N) is 2. The molecule has 0 aliphatic carbocycles. The number of oxime groups is 1. The standard InChI is InChI=1S/C23H37N3O5/c1-7-9-10-17(8-2)15-30-22(29)31-25-20(24)19-13-11-18(12-14-19)16(3)26(21(27)28)23(4,5)6/h11-14,16-17H,7-10,15H2,1-6H3,(H2,24,25)(H,27,28)/t16-,17?/m0/s1. The highest BCUT2D eigenvalue weighted by Crippen LogP contribution is 2.28. The lowest BCUT2D eigenvalue weighted by molar-refractivity contribution is 0.0443. The summed E-state index contributed by atoms with van der Waals surface area (Å²) in [6, 6.07) is 6.62. The number of amides is 1. The SMILES string of the molecule is CCCCC(CC)COC(=O)ON=C(N)c1ccc([C@H](C)N(C(=O)O)C(C)(C)C)cc1. The molecule has 0 radical (unpaired) electrons. The summed E-state index contributed by atoms with van der Waals surface area (Å²) in [5.74, 6) is 0.335. The molecule has 2 atom stereocenters. The van der Waals surface area contributed by atoms with Crippen LogP contribution < -0.4 is 5.73 Å². The first-order valence-electron chi connectivity index (χ1n) is 10.8. The smallest absolute Gasteiger partial charge is 0.465 e. The van der Waals surface area contributed by atoms with Crippen molar-refractivity contribution in [2.45, 2.75) is 78.8 Å². The monoisotopic (exact) mass is 435 g/mol. The van der Waals surface area contributed by atoms with Crippen molar-refractivity contribution in [2.24, 2.45) is 16.8 Å². The lowest BCUT2D eigenvalue weighted by Crippen LogP contribution is -2.46. The summed E-state index contributed by atoms with van der Waals surface area (Å²) in [4.78, 5) is 29.6. The Labute approximate surface area is 185 Å². The fourth-order valence-corrected chi connectivity index (χ4v) is 3.36. The van der Waals surface area contributed by atoms with E-state index in [0.717, 1.165) is 31.2 Å². The molecule has 8 nitrogen and oxygen atoms in total. The number of ether oxygens (including phenoxy) is 1. The molecule has 0 fully saturated rings. The van der Waals surface area contributed by atoms with Gasteiger partial charge in [-0.1, -0.05) is 62.5 Å². The highest BCUT2D eigenvalue weighted by molar-refractivity contribution is 5.97. The number of carbonyl (C=O) groups is 2. The molecule has 0 aromatic heterocycles. The molecule has 0 bridgehead atoms. The number of rotatable bonds is 10. The molecule has 1 amide bonds. The Morgan fingerprint density at radius 1 is 1.19 bits per heavy atom. The number of carbonyl (C=O) groups excluding carboxylic acids is 1. The second-order valence-corrected chi connectivity index (χ2v) is 8.67. The van der Waals surface area contributed by atoms with Crippen LogP contribution in [0.4, 0.5) is 9.59 Å². The van der Waals surface area contributed by atoms with E-state index in [1.165, 1.54) is 4.90 Å². The summed E-state index contributed by atoms with van der Waals surface area (Å²) < 4.78 is 5.12. The number of hydrogen-bond donors (Lipinski definition) is 2. The Kier molecular flexibility index (Phi) is 10.3. The Morgan fingerprint density at radius 2 is 1.81 bits per heavy atom. The third-order valence-corrected chi connectivity index (χ3v) is 5.20. The molecule has 1 unspecified atom stereocenters. The number of amidine groups is 1. The van der Waals surface area contributed by atoms with Crippen LogP contribution in [0.25, 0.3) is 0 Å². The van der Waals surface area contributed by atoms with Gasteiger partial charge in [0.1, 0.15) is 0 Å². The molecule has 3 N–H and O–H groups in total. The number of unbranched alkanes of at least 4 members (excludes halogenated alkanes) is 1. The van der Waals surface area contributed by atoms with Gasteiger partial charge in [-0.05, 0) is 45.6 Å². The van der Waals surface area contributed by atoms with E-state index in [-0.39, 0.29) is 11.9 Å². The third kappa shape index (κ3) is 8.47. The molecule has 1 rings (SSSR count). The van der Waals surface area contributed by atoms with E-state index in [4.69, 9.17) is 15.3 Å². The van der Waals surface area contributed by atoms with E-state index < -0.39 is 17.8 Å². The molecule has 0 saturated heterocycles. The molecule has 31 heavy (non-hydrogen) atoms. The maximum absolute atomic E-state index is 11.8. The van der Waals surface area contributed by atoms with E-state index in [2.05, 4.69) is 19.0 Å². The van der Waals surface area contributed by atoms with Crippen molar-refractivity contribution < 1.29 is 24.3 Å². The topological polar surface area (TPSA) is 114 Å². The number of hydrogen-bond acceptors (Lipinski definition) is 5. The van der Waals surface area contributed by atoms with Gasteiger partial charge < -0.3 is 15.6 Å². The first-order valence-corrected chi connectivity index (χ1v) is 10.8. The maximum Gasteiger partial charge on any atom is 0.535 e. The van der Waals surface area contributed by atoms with Crippen LogP contribution >= 0.6 is 0 Å². The van der Waals surface area contributed by atoms with Crippen molar-refractivity contribution in [1.29, 1.82) is 0 Å². The molecule has 1 aromatic carbocycles. The van der Waals surface area contributed by atoms with Gasteiger partial charge in [0.15, 0.2) is 5.84 Å². The molecule has 1 aromatic rings. The van der Waals surface area contributed by atoms with Crippen LogP contribution in [-0.2, 0) is 9.57 Å². The Hall–Kier alpha value is -2.77. The van der Waals surface area contributed by atoms with Crippen LogP contribution in [0, 0.1) is 5.92 Å². The second-order valence-electron chi connectivity index (χ2n) is 8.67. The molecule has 0 spiro atoms. The van der Waals surface area contributed by atoms with Crippen LogP contribution in [-0.4, -0.2) is 40.2 Å². The normalized spacial score (nSPS) is 13.9. The van der Waals surface area contributed by atoms with Gasteiger partial charge in [0.05, 0.1) is 12.6 Å². The van der Waals surface area contributed by atoms with Crippen molar-refractivity contribution in [3.8, 4) is 0 Å². The van der Waals surface area contributed by atoms with Gasteiger partial charge in [-0.15, -0.1) is 0 Å². The van der Waals surface area contributed by atoms with E-state index >= 15 is 0 Å². The number of nitrogens with two attached hydrogens (primary N) is 1. The molecule has 0 aliphatic heterocycles. The lowest BCUT2D eigenvalue weighted by Gasteiger charge is -2.38. The predicted octanol–water partition coefficient (Wildman–Crippen LogP) is 5.52. The van der Waals surface area contributed by atoms with E-state index in [1.807, 2.05) is 27.7 Å². The predicted molar refractivity (Wildman–Crippen MR) is 121 cm³/mol. The number of benzene rings is 1. The quantitative estimate of drug-likeness (QED) is 0.164. The lowest BCUT2D eigenvalue weighted by atomic mass is 9.99. The van der Waals surface area contributed by atoms with Crippen LogP contribution in [0.15, 0.2) is 29.4 Å². The maximum atomic E-state index is 11.8. The second kappa shape index (κ2) is 12.2. The highest BCUT2D eigenvalue weighted by atomic mass is 16.8. The molecule has 0 heterocycles. The van der Waals surface area contributed by atoms with Gasteiger partial charge in [0, 0.05) is 11.1 Å². The first kappa shape index (κ1) is 26.3. The zero-order valence-corrected chi connectivity index (χ0v) is 19.6. The van der Waals surface area contributed by atoms with Gasteiger partial charge in [0.2, 0.25) is 0 Å². The average Bonchev–Trinajstić information content (AvgIpc) is 2.70. The van der Waals surface area contributed by atoms with Crippen molar-refractivity contribution in [3.63, 3.8) is 0 Å². The largest absolute Gasteiger partial charge is 0.535 e. The zero-order chi connectivity index (χ0) is 23.6. The van der Waals surface area contributed by atoms with Gasteiger partial charge in [-0.25, -0.2) is 9.59 Å². The fraction of sp³-hybridized carbons (Fsp3) is 0.609. The third-order valence-electron chi connectivity index (χ3n) is 5.20. The van der Waals surface area contributed by atoms with Gasteiger partial charge in [-0.3, -0.25) is 9.74 Å². The van der Waals surface area contributed by atoms with Gasteiger partial charge in [0.25, 0.3) is 0 Å². The summed E-state index contributed by atoms with van der Waals surface area (Å²) >= 11 is 0. The molecule has 174 valence electrons. The van der Waals surface area contributed by atoms with Crippen LogP contribution in [0.2, 0.25) is 0 Å². The first-order chi connectivity index (χ1) is 14.5. The Bertz CT molecular complexity index is 741. The van der Waals surface area contributed by atoms with Crippen LogP contribution in [0.3, 0.4) is 0 Å². The van der Waals surface area contributed by atoms with Crippen molar-refractivity contribution in [1.82, 2.24) is 4.90 Å². The minimum absolute atomic E-state index is 0.0279. The molecule has 8 heteroatoms. The summed E-state index contributed by atoms with van der Waals surface area (Å²) in [6.07, 6.45) is 2.26. The summed E-state index contributed by atoms with van der Waals surface area (Å²) in [6.45, 7) is 11.9. The van der Waals surface area contributed by atoms with E-state index in [9.17, 15) is 14.7 Å². The summed E-state index contributed by atoms with van der Waals surface area (Å²) in [5.41, 5.74) is 6.72. The molecule has 0 aliphatic rings. The van der Waals surface area contributed by atoms with Gasteiger partial charge in [-0.2, -0.15) is 0 Å². The van der Waals surface area contributed by atoms with E-state index in [0.29, 0.717) is 18.1 Å². The molecular weight excluding hydrogens is 398 g/mol. The van der Waals surface area contributed by atoms with Gasteiger partial charge >= 0.3 is 12.2 Å². The molecular formula is C23H37N3O5. The number of carboxylic acid groups (broad SMARTS) is 1. The Balaban J connectivity index is 2.72. The van der Waals surface area contributed by atoms with Crippen molar-refractivity contribution >= 4 is 18.1 Å². The fourth-order valence-electron chi connectivity index (χ4n) is 3.36. The minimum Gasteiger partial charge on any atom is -0.465 e. The minimum atomic E-state index is -0.989. The van der Waals surface area contributed by atoms with Crippen LogP contribution in [0.1, 0.15) is 84.4 Å². The molecule has 0 saturated carbocycles. The summed E-state index contributed by atoms with van der Waals surface area (Å²) in [5, 5.41) is 13.2. The highest BCUT2D eigenvalue weighted by Gasteiger charge is 2.31. The zero-order valence-electron chi connectivity index (χ0n) is 19.6.